The zero-order chi connectivity index (χ0) is 34.6. The predicted octanol–water partition coefficient (Wildman–Crippen LogP) is -1.26. The maximum atomic E-state index is 12.4. The number of aliphatic hydroxyl groups excluding tert-OH is 3. The van der Waals surface area contributed by atoms with Gasteiger partial charge in [-0.1, -0.05) is 0 Å². The summed E-state index contributed by atoms with van der Waals surface area (Å²) in [5.41, 5.74) is -1.36. The quantitative estimate of drug-likeness (QED) is 0.0786. The Kier molecular flexibility index (Phi) is 13.2. The van der Waals surface area contributed by atoms with Gasteiger partial charge in [-0.25, -0.2) is 19.2 Å². The average molecular weight is 682 g/mol. The van der Waals surface area contributed by atoms with E-state index in [1.165, 1.54) is 38.3 Å². The molecule has 20 nitrogen and oxygen atoms in total. The van der Waals surface area contributed by atoms with Gasteiger partial charge in [0.1, 0.15) is 30.7 Å². The summed E-state index contributed by atoms with van der Waals surface area (Å²) in [7, 11) is 0. The molecule has 2 aliphatic rings. The molecule has 48 heavy (non-hydrogen) atoms. The van der Waals surface area contributed by atoms with Crippen LogP contribution in [0.4, 0.5) is 11.6 Å². The van der Waals surface area contributed by atoms with E-state index in [9.17, 15) is 44.1 Å². The van der Waals surface area contributed by atoms with Crippen LogP contribution in [0.2, 0.25) is 0 Å². The first kappa shape index (κ1) is 36.2. The Morgan fingerprint density at radius 1 is 0.750 bits per heavy atom. The molecule has 4 rings (SSSR count). The molecular weight excluding hydrogens is 644 g/mol. The van der Waals surface area contributed by atoms with Gasteiger partial charge < -0.3 is 35.4 Å². The largest absolute Gasteiger partial charge is 0.396 e. The summed E-state index contributed by atoms with van der Waals surface area (Å²) in [5, 5.41) is 32.4. The van der Waals surface area contributed by atoms with Gasteiger partial charge in [-0.3, -0.25) is 18.7 Å². The van der Waals surface area contributed by atoms with Gasteiger partial charge in [-0.2, -0.15) is 9.97 Å². The third-order valence-corrected chi connectivity index (χ3v) is 7.14. The van der Waals surface area contributed by atoms with Gasteiger partial charge >= 0.3 is 23.3 Å². The molecule has 0 aromatic carbocycles. The Balaban J connectivity index is 1.16. The Morgan fingerprint density at radius 2 is 1.19 bits per heavy atom. The molecule has 20 heteroatoms. The van der Waals surface area contributed by atoms with Crippen LogP contribution in [0.15, 0.2) is 34.1 Å². The summed E-state index contributed by atoms with van der Waals surface area (Å²) in [6, 6.07) is 2.75. The molecule has 4 atom stereocenters. The summed E-state index contributed by atoms with van der Waals surface area (Å²) in [5.74, 6) is -3.52. The van der Waals surface area contributed by atoms with Gasteiger partial charge in [-0.05, 0) is 37.8 Å². The molecule has 0 spiro atoms. The monoisotopic (exact) mass is 681 g/mol. The zero-order valence-electron chi connectivity index (χ0n) is 25.7. The lowest BCUT2D eigenvalue weighted by molar-refractivity contribution is -0.609. The summed E-state index contributed by atoms with van der Waals surface area (Å²) >= 11 is 0. The highest BCUT2D eigenvalue weighted by atomic mass is 17.6. The minimum absolute atomic E-state index is 0.0590. The van der Waals surface area contributed by atoms with E-state index in [1.807, 2.05) is 0 Å². The fourth-order valence-electron chi connectivity index (χ4n) is 4.76. The van der Waals surface area contributed by atoms with E-state index in [0.29, 0.717) is 25.7 Å². The maximum Gasteiger partial charge on any atom is 0.396 e. The predicted molar refractivity (Wildman–Crippen MR) is 158 cm³/mol. The van der Waals surface area contributed by atoms with E-state index in [2.05, 4.69) is 20.6 Å². The molecular formula is C28H37N6O14+. The number of amides is 2. The molecule has 2 amide bonds. The Hall–Kier alpha value is -4.60. The van der Waals surface area contributed by atoms with Crippen LogP contribution in [0.5, 0.6) is 0 Å². The van der Waals surface area contributed by atoms with E-state index in [-0.39, 0.29) is 37.1 Å². The molecule has 262 valence electrons. The molecule has 0 aliphatic carbocycles. The summed E-state index contributed by atoms with van der Waals surface area (Å²) < 4.78 is 14.9. The van der Waals surface area contributed by atoms with Crippen molar-refractivity contribution in [2.24, 2.45) is 0 Å². The molecule has 2 aliphatic heterocycles. The first-order valence-corrected chi connectivity index (χ1v) is 15.1. The lowest BCUT2D eigenvalue weighted by atomic mass is 10.2. The first-order chi connectivity index (χ1) is 23.1. The lowest BCUT2D eigenvalue weighted by Crippen LogP contribution is -2.29. The van der Waals surface area contributed by atoms with Crippen LogP contribution < -0.4 is 22.0 Å². The first-order valence-electron chi connectivity index (χ1n) is 15.1. The SMILES string of the molecule is O=C(CCC(=O)O[O+](CCO)OC(=O)CCC(=O)Nc1ccn(C2CCC(CO)O2)c(=O)n1)Nc1ccn(C2CCC(CO)O2)c(=O)n1. The number of rotatable bonds is 16. The summed E-state index contributed by atoms with van der Waals surface area (Å²) in [6.45, 7) is -1.46. The second kappa shape index (κ2) is 17.5. The number of hydrogen-bond donors (Lipinski definition) is 5. The van der Waals surface area contributed by atoms with Crippen molar-refractivity contribution in [1.82, 2.24) is 19.1 Å². The Labute approximate surface area is 271 Å². The lowest BCUT2D eigenvalue weighted by Gasteiger charge is -2.15. The molecule has 2 aromatic rings. The molecule has 2 fully saturated rings. The van der Waals surface area contributed by atoms with Gasteiger partial charge in [0.25, 0.3) is 6.61 Å². The van der Waals surface area contributed by atoms with Crippen molar-refractivity contribution in [3.63, 3.8) is 0 Å². The van der Waals surface area contributed by atoms with Gasteiger partial charge in [0.05, 0.1) is 38.3 Å². The molecule has 0 radical (unpaired) electrons. The van der Waals surface area contributed by atoms with Gasteiger partial charge in [-0.15, -0.1) is 9.78 Å². The van der Waals surface area contributed by atoms with Crippen molar-refractivity contribution in [2.45, 2.75) is 76.0 Å². The van der Waals surface area contributed by atoms with Crippen molar-refractivity contribution in [2.75, 3.05) is 37.1 Å². The number of aromatic nitrogens is 4. The second-order valence-corrected chi connectivity index (χ2v) is 10.7. The molecule has 0 saturated carbocycles. The highest BCUT2D eigenvalue weighted by Gasteiger charge is 2.29. The molecule has 2 saturated heterocycles. The summed E-state index contributed by atoms with van der Waals surface area (Å²) in [4.78, 5) is 91.0. The molecule has 0 bridgehead atoms. The van der Waals surface area contributed by atoms with Crippen molar-refractivity contribution < 1.29 is 58.4 Å². The fourth-order valence-corrected chi connectivity index (χ4v) is 4.76. The van der Waals surface area contributed by atoms with Crippen molar-refractivity contribution in [1.29, 1.82) is 0 Å². The van der Waals surface area contributed by atoms with E-state index in [0.717, 1.165) is 0 Å². The Morgan fingerprint density at radius 3 is 1.54 bits per heavy atom. The van der Waals surface area contributed by atoms with Crippen molar-refractivity contribution in [3.05, 3.63) is 45.5 Å². The molecule has 5 N–H and O–H groups in total. The van der Waals surface area contributed by atoms with Crippen molar-refractivity contribution in [3.8, 4) is 0 Å². The number of carbonyl (C=O) groups excluding carboxylic acids is 4. The number of carbonyl (C=O) groups is 4. The third-order valence-electron chi connectivity index (χ3n) is 7.14. The van der Waals surface area contributed by atoms with Crippen LogP contribution in [0.1, 0.15) is 63.8 Å². The molecule has 4 unspecified atom stereocenters. The van der Waals surface area contributed by atoms with E-state index < -0.39 is 86.5 Å². The van der Waals surface area contributed by atoms with Crippen LogP contribution in [-0.4, -0.2) is 96.8 Å². The number of aliphatic hydroxyl groups is 3. The zero-order valence-corrected chi connectivity index (χ0v) is 25.7. The number of anilines is 2. The van der Waals surface area contributed by atoms with Gasteiger partial charge in [0.2, 0.25) is 11.8 Å². The van der Waals surface area contributed by atoms with Crippen LogP contribution >= 0.6 is 0 Å². The van der Waals surface area contributed by atoms with E-state index >= 15 is 0 Å². The molecule has 4 heterocycles. The summed E-state index contributed by atoms with van der Waals surface area (Å²) in [6.07, 6.45) is 1.28. The minimum atomic E-state index is -1.02. The molecule has 2 aromatic heterocycles. The highest BCUT2D eigenvalue weighted by Crippen LogP contribution is 2.27. The van der Waals surface area contributed by atoms with E-state index in [1.54, 1.807) is 0 Å². The second-order valence-electron chi connectivity index (χ2n) is 10.7. The highest BCUT2D eigenvalue weighted by molar-refractivity contribution is 5.92. The van der Waals surface area contributed by atoms with Crippen molar-refractivity contribution >= 4 is 35.4 Å². The van der Waals surface area contributed by atoms with E-state index in [4.69, 9.17) is 19.2 Å². The average Bonchev–Trinajstić information content (AvgIpc) is 3.73. The van der Waals surface area contributed by atoms with Crippen LogP contribution in [0.25, 0.3) is 0 Å². The minimum Gasteiger partial charge on any atom is -0.394 e. The van der Waals surface area contributed by atoms with Crippen LogP contribution in [0.3, 0.4) is 0 Å². The van der Waals surface area contributed by atoms with Crippen LogP contribution in [0, 0.1) is 0 Å². The number of nitrogens with zero attached hydrogens (tertiary/aromatic N) is 4. The third kappa shape index (κ3) is 10.5. The van der Waals surface area contributed by atoms with Gasteiger partial charge in [0, 0.05) is 29.9 Å². The topological polar surface area (TPSA) is 262 Å². The Bertz CT molecular complexity index is 1450. The van der Waals surface area contributed by atoms with Gasteiger partial charge in [0.15, 0.2) is 0 Å². The maximum absolute atomic E-state index is 12.4. The number of ether oxygens (including phenoxy) is 2. The number of nitrogens with one attached hydrogen (secondary N) is 2. The standard InChI is InChI=1S/C28H36N6O14/c35-13-14-48(46-25(40)7-3-21(38)29-19-9-11-33(27(42)31-19)23-5-1-17(15-36)44-23)47-26(41)8-4-22(39)30-20-10-12-34(28(43)32-20)24-6-2-18(16-37)45-24/h9-12,17-18,23-24,35-37H,1-8,13-16H2,(H-,29,30,31,32,38,39,42,43)/p+1. The smallest absolute Gasteiger partial charge is 0.394 e. The normalized spacial score (nSPS) is 20.4. The number of hydrogen-bond acceptors (Lipinski definition) is 15. The van der Waals surface area contributed by atoms with Crippen LogP contribution in [-0.2, 0) is 43.1 Å². The fraction of sp³-hybridized carbons (Fsp3) is 0.571.